The largest absolute Gasteiger partial charge is 0.377 e. The van der Waals surface area contributed by atoms with Crippen LogP contribution in [0.5, 0.6) is 0 Å². The lowest BCUT2D eigenvalue weighted by molar-refractivity contribution is -0.0611. The van der Waals surface area contributed by atoms with Crippen LogP contribution in [0.2, 0.25) is 0 Å². The van der Waals surface area contributed by atoms with Gasteiger partial charge in [0.15, 0.2) is 0 Å². The molecule has 1 heterocycles. The van der Waals surface area contributed by atoms with Gasteiger partial charge in [-0.1, -0.05) is 17.7 Å². The normalized spacial score (nSPS) is 25.6. The Hall–Kier alpha value is -0.970. The molecular weight excluding hydrogens is 255 g/mol. The molecule has 2 unspecified atom stereocenters. The quantitative estimate of drug-likeness (QED) is 0.921. The maximum atomic E-state index is 14.1. The fraction of sp³-hybridized carbons (Fsp3) is 0.625. The maximum absolute atomic E-state index is 14.1. The first-order chi connectivity index (χ1) is 9.49. The van der Waals surface area contributed by atoms with E-state index in [1.807, 2.05) is 13.0 Å². The number of benzene rings is 1. The zero-order valence-corrected chi connectivity index (χ0v) is 12.7. The second-order valence-electron chi connectivity index (χ2n) is 6.00. The highest BCUT2D eigenvalue weighted by molar-refractivity contribution is 5.27. The van der Waals surface area contributed by atoms with Gasteiger partial charge in [-0.2, -0.15) is 0 Å². The Balaban J connectivity index is 2.25. The average Bonchev–Trinajstić information content (AvgIpc) is 2.44. The molecular formula is C16H25FN2O. The van der Waals surface area contributed by atoms with Gasteiger partial charge in [0.2, 0.25) is 0 Å². The van der Waals surface area contributed by atoms with E-state index in [1.165, 1.54) is 6.07 Å². The van der Waals surface area contributed by atoms with E-state index in [-0.39, 0.29) is 17.5 Å². The highest BCUT2D eigenvalue weighted by atomic mass is 19.1. The molecule has 1 aliphatic rings. The van der Waals surface area contributed by atoms with Gasteiger partial charge in [0.1, 0.15) is 5.82 Å². The third-order valence-corrected chi connectivity index (χ3v) is 4.36. The van der Waals surface area contributed by atoms with Gasteiger partial charge in [0, 0.05) is 25.8 Å². The molecule has 2 atom stereocenters. The molecule has 112 valence electrons. The minimum Gasteiger partial charge on any atom is -0.377 e. The molecule has 1 aromatic carbocycles. The zero-order valence-electron chi connectivity index (χ0n) is 12.7. The number of piperidine rings is 1. The van der Waals surface area contributed by atoms with Crippen molar-refractivity contribution >= 4 is 0 Å². The zero-order chi connectivity index (χ0) is 14.8. The molecule has 0 radical (unpaired) electrons. The number of nitrogens with zero attached hydrogens (tertiary/aromatic N) is 1. The number of halogens is 1. The number of hydrogen-bond donors (Lipinski definition) is 1. The molecule has 1 saturated heterocycles. The van der Waals surface area contributed by atoms with Crippen LogP contribution in [-0.2, 0) is 4.74 Å². The van der Waals surface area contributed by atoms with Gasteiger partial charge in [0.05, 0.1) is 11.6 Å². The molecule has 1 fully saturated rings. The second-order valence-corrected chi connectivity index (χ2v) is 6.00. The predicted octanol–water partition coefficient (Wildman–Crippen LogP) is 2.63. The molecule has 20 heavy (non-hydrogen) atoms. The molecule has 2 N–H and O–H groups in total. The van der Waals surface area contributed by atoms with Crippen molar-refractivity contribution in [2.45, 2.75) is 38.3 Å². The molecule has 0 bridgehead atoms. The number of nitrogens with two attached hydrogens (primary N) is 1. The molecule has 1 aromatic rings. The van der Waals surface area contributed by atoms with Crippen LogP contribution in [0.3, 0.4) is 0 Å². The number of methoxy groups -OCH3 is 1. The van der Waals surface area contributed by atoms with Crippen LogP contribution in [0, 0.1) is 12.7 Å². The third kappa shape index (κ3) is 3.19. The number of ether oxygens (including phenoxy) is 1. The van der Waals surface area contributed by atoms with Crippen LogP contribution < -0.4 is 5.73 Å². The Labute approximate surface area is 120 Å². The van der Waals surface area contributed by atoms with E-state index in [4.69, 9.17) is 10.5 Å². The molecule has 0 saturated carbocycles. The number of hydrogen-bond acceptors (Lipinski definition) is 3. The fourth-order valence-electron chi connectivity index (χ4n) is 3.07. The number of rotatable bonds is 4. The van der Waals surface area contributed by atoms with Crippen molar-refractivity contribution in [1.82, 2.24) is 4.90 Å². The molecule has 1 aliphatic heterocycles. The van der Waals surface area contributed by atoms with Gasteiger partial charge in [-0.25, -0.2) is 4.39 Å². The minimum atomic E-state index is -0.171. The standard InChI is InChI=1S/C16H25FN2O/c1-12-5-6-14(17)13(9-12)15(10-18)19-8-4-7-16(2,11-19)20-3/h5-6,9,15H,4,7-8,10-11,18H2,1-3H3. The van der Waals surface area contributed by atoms with Gasteiger partial charge in [-0.3, -0.25) is 4.90 Å². The van der Waals surface area contributed by atoms with Crippen LogP contribution >= 0.6 is 0 Å². The monoisotopic (exact) mass is 280 g/mol. The summed E-state index contributed by atoms with van der Waals surface area (Å²) >= 11 is 0. The van der Waals surface area contributed by atoms with E-state index in [0.29, 0.717) is 12.1 Å². The smallest absolute Gasteiger partial charge is 0.128 e. The lowest BCUT2D eigenvalue weighted by Crippen LogP contribution is -2.50. The van der Waals surface area contributed by atoms with Crippen molar-refractivity contribution in [2.75, 3.05) is 26.7 Å². The van der Waals surface area contributed by atoms with Crippen molar-refractivity contribution < 1.29 is 9.13 Å². The van der Waals surface area contributed by atoms with Gasteiger partial charge < -0.3 is 10.5 Å². The summed E-state index contributed by atoms with van der Waals surface area (Å²) in [5, 5.41) is 0. The Morgan fingerprint density at radius 2 is 2.25 bits per heavy atom. The predicted molar refractivity (Wildman–Crippen MR) is 79.2 cm³/mol. The van der Waals surface area contributed by atoms with Crippen LogP contribution in [0.1, 0.15) is 36.9 Å². The molecule has 0 spiro atoms. The summed E-state index contributed by atoms with van der Waals surface area (Å²) in [6, 6.07) is 5.16. The van der Waals surface area contributed by atoms with E-state index < -0.39 is 0 Å². The first-order valence-electron chi connectivity index (χ1n) is 7.24. The summed E-state index contributed by atoms with van der Waals surface area (Å²) < 4.78 is 19.7. The van der Waals surface area contributed by atoms with Gasteiger partial charge in [0.25, 0.3) is 0 Å². The van der Waals surface area contributed by atoms with Crippen molar-refractivity contribution in [3.8, 4) is 0 Å². The first-order valence-corrected chi connectivity index (χ1v) is 7.24. The molecule has 0 amide bonds. The van der Waals surface area contributed by atoms with Crippen LogP contribution in [0.15, 0.2) is 18.2 Å². The van der Waals surface area contributed by atoms with Gasteiger partial charge >= 0.3 is 0 Å². The second kappa shape index (κ2) is 6.20. The highest BCUT2D eigenvalue weighted by Gasteiger charge is 2.34. The van der Waals surface area contributed by atoms with Gasteiger partial charge in [-0.15, -0.1) is 0 Å². The van der Waals surface area contributed by atoms with Crippen molar-refractivity contribution in [2.24, 2.45) is 5.73 Å². The Kier molecular flexibility index (Phi) is 4.78. The summed E-state index contributed by atoms with van der Waals surface area (Å²) in [4.78, 5) is 2.25. The van der Waals surface area contributed by atoms with Gasteiger partial charge in [-0.05, 0) is 39.3 Å². The van der Waals surface area contributed by atoms with Crippen molar-refractivity contribution in [3.05, 3.63) is 35.1 Å². The van der Waals surface area contributed by atoms with E-state index in [1.54, 1.807) is 13.2 Å². The van der Waals surface area contributed by atoms with Crippen LogP contribution in [0.4, 0.5) is 4.39 Å². The lowest BCUT2D eigenvalue weighted by Gasteiger charge is -2.43. The summed E-state index contributed by atoms with van der Waals surface area (Å²) in [6.07, 6.45) is 2.09. The topological polar surface area (TPSA) is 38.5 Å². The Morgan fingerprint density at radius 1 is 1.50 bits per heavy atom. The highest BCUT2D eigenvalue weighted by Crippen LogP contribution is 2.31. The first kappa shape index (κ1) is 15.4. The summed E-state index contributed by atoms with van der Waals surface area (Å²) in [7, 11) is 1.74. The van der Waals surface area contributed by atoms with E-state index in [2.05, 4.69) is 11.8 Å². The molecule has 2 rings (SSSR count). The van der Waals surface area contributed by atoms with Crippen LogP contribution in [-0.4, -0.2) is 37.2 Å². The maximum Gasteiger partial charge on any atom is 0.128 e. The summed E-state index contributed by atoms with van der Waals surface area (Å²) in [5.74, 6) is -0.171. The fourth-order valence-corrected chi connectivity index (χ4v) is 3.07. The Morgan fingerprint density at radius 3 is 2.90 bits per heavy atom. The van der Waals surface area contributed by atoms with E-state index in [0.717, 1.165) is 31.5 Å². The third-order valence-electron chi connectivity index (χ3n) is 4.36. The number of likely N-dealkylation sites (tertiary alicyclic amines) is 1. The number of aryl methyl sites for hydroxylation is 1. The van der Waals surface area contributed by atoms with E-state index >= 15 is 0 Å². The minimum absolute atomic E-state index is 0.0790. The Bertz CT molecular complexity index is 466. The molecule has 0 aliphatic carbocycles. The lowest BCUT2D eigenvalue weighted by atomic mass is 9.91. The van der Waals surface area contributed by atoms with Crippen molar-refractivity contribution in [1.29, 1.82) is 0 Å². The molecule has 3 nitrogen and oxygen atoms in total. The van der Waals surface area contributed by atoms with E-state index in [9.17, 15) is 4.39 Å². The van der Waals surface area contributed by atoms with Crippen LogP contribution in [0.25, 0.3) is 0 Å². The summed E-state index contributed by atoms with van der Waals surface area (Å²) in [5.41, 5.74) is 7.54. The van der Waals surface area contributed by atoms with Crippen molar-refractivity contribution in [3.63, 3.8) is 0 Å². The average molecular weight is 280 g/mol. The molecule has 4 heteroatoms. The summed E-state index contributed by atoms with van der Waals surface area (Å²) in [6.45, 7) is 6.23. The molecule has 0 aromatic heterocycles. The SMILES string of the molecule is COC1(C)CCCN(C(CN)c2cc(C)ccc2F)C1.